The monoisotopic (exact) mass is 399 g/mol. The van der Waals surface area contributed by atoms with Crippen LogP contribution in [0.4, 0.5) is 18.9 Å². The van der Waals surface area contributed by atoms with Crippen LogP contribution in [-0.2, 0) is 9.53 Å². The molecule has 1 atom stereocenters. The van der Waals surface area contributed by atoms with Crippen molar-refractivity contribution in [3.63, 3.8) is 0 Å². The normalized spacial score (nSPS) is 11.6. The lowest BCUT2D eigenvalue weighted by atomic mass is 10.2. The summed E-state index contributed by atoms with van der Waals surface area (Å²) in [4.78, 5) is 25.2. The molecule has 2 rings (SSSR count). The minimum absolute atomic E-state index is 0.106. The molecule has 0 aromatic heterocycles. The number of nitrogens with one attached hydrogen (secondary N) is 1. The Hall–Kier alpha value is -2.68. The fourth-order valence-corrected chi connectivity index (χ4v) is 2.53. The number of amides is 1. The van der Waals surface area contributed by atoms with Gasteiger partial charge in [0.2, 0.25) is 0 Å². The van der Waals surface area contributed by atoms with Gasteiger partial charge in [0.1, 0.15) is 11.3 Å². The van der Waals surface area contributed by atoms with Crippen molar-refractivity contribution in [2.75, 3.05) is 18.7 Å². The van der Waals surface area contributed by atoms with Gasteiger partial charge in [-0.15, -0.1) is 11.8 Å². The van der Waals surface area contributed by atoms with E-state index in [9.17, 15) is 22.8 Å². The van der Waals surface area contributed by atoms with Gasteiger partial charge in [-0.3, -0.25) is 4.79 Å². The quantitative estimate of drug-likeness (QED) is 0.452. The first-order valence-corrected chi connectivity index (χ1v) is 8.88. The van der Waals surface area contributed by atoms with E-state index < -0.39 is 41.1 Å². The number of esters is 1. The zero-order valence-electron chi connectivity index (χ0n) is 14.6. The van der Waals surface area contributed by atoms with Gasteiger partial charge in [-0.25, -0.2) is 18.0 Å². The molecular formula is C18H16F3NO4S. The summed E-state index contributed by atoms with van der Waals surface area (Å²) in [6, 6.07) is 6.35. The van der Waals surface area contributed by atoms with Gasteiger partial charge in [0.25, 0.3) is 5.91 Å². The van der Waals surface area contributed by atoms with E-state index in [0.717, 1.165) is 11.0 Å². The maximum Gasteiger partial charge on any atom is 0.342 e. The van der Waals surface area contributed by atoms with Gasteiger partial charge >= 0.3 is 5.97 Å². The van der Waals surface area contributed by atoms with E-state index in [2.05, 4.69) is 0 Å². The summed E-state index contributed by atoms with van der Waals surface area (Å²) in [7, 11) is 1.39. The second-order valence-electron chi connectivity index (χ2n) is 5.33. The minimum Gasteiger partial charge on any atom is -0.496 e. The van der Waals surface area contributed by atoms with Crippen molar-refractivity contribution in [1.29, 1.82) is 0 Å². The number of carbonyl (C=O) groups excluding carboxylic acids is 2. The van der Waals surface area contributed by atoms with E-state index in [0.29, 0.717) is 6.07 Å². The molecule has 0 bridgehead atoms. The second kappa shape index (κ2) is 8.81. The van der Waals surface area contributed by atoms with Crippen LogP contribution >= 0.6 is 11.8 Å². The first-order valence-electron chi connectivity index (χ1n) is 7.65. The molecule has 144 valence electrons. The fraction of sp³-hybridized carbons (Fsp3) is 0.222. The highest BCUT2D eigenvalue weighted by Gasteiger charge is 2.23. The van der Waals surface area contributed by atoms with Crippen molar-refractivity contribution in [2.45, 2.75) is 17.9 Å². The highest BCUT2D eigenvalue weighted by Crippen LogP contribution is 2.26. The summed E-state index contributed by atoms with van der Waals surface area (Å²) < 4.78 is 50.0. The first kappa shape index (κ1) is 20.6. The molecule has 0 unspecified atom stereocenters. The molecule has 27 heavy (non-hydrogen) atoms. The Kier molecular flexibility index (Phi) is 6.73. The highest BCUT2D eigenvalue weighted by molar-refractivity contribution is 7.98. The molecule has 0 saturated heterocycles. The number of methoxy groups -OCH3 is 1. The second-order valence-corrected chi connectivity index (χ2v) is 6.21. The summed E-state index contributed by atoms with van der Waals surface area (Å²) >= 11 is 1.45. The summed E-state index contributed by atoms with van der Waals surface area (Å²) in [5.74, 6) is -6.11. The molecule has 1 N–H and O–H groups in total. The number of hydrogen-bond donors (Lipinski definition) is 1. The Balaban J connectivity index is 2.10. The van der Waals surface area contributed by atoms with Crippen molar-refractivity contribution in [2.24, 2.45) is 0 Å². The minimum atomic E-state index is -1.71. The predicted octanol–water partition coefficient (Wildman–Crippen LogP) is 4.02. The number of hydrogen-bond acceptors (Lipinski definition) is 5. The van der Waals surface area contributed by atoms with Gasteiger partial charge in [-0.05, 0) is 43.5 Å². The van der Waals surface area contributed by atoms with Crippen LogP contribution in [0, 0.1) is 17.5 Å². The molecule has 9 heteroatoms. The predicted molar refractivity (Wildman–Crippen MR) is 94.6 cm³/mol. The van der Waals surface area contributed by atoms with Crippen LogP contribution in [0.3, 0.4) is 0 Å². The van der Waals surface area contributed by atoms with Crippen LogP contribution in [0.25, 0.3) is 0 Å². The summed E-state index contributed by atoms with van der Waals surface area (Å²) in [5.41, 5.74) is -0.460. The van der Waals surface area contributed by atoms with E-state index in [1.807, 2.05) is 11.6 Å². The number of thioether (sulfide) groups is 1. The van der Waals surface area contributed by atoms with E-state index in [-0.39, 0.29) is 11.3 Å². The standard InChI is InChI=1S/C18H16F3NO4S/c1-9(17(23)22-13-7-6-12(19)15(20)16(13)21)26-18(24)11-5-4-10(27-3)8-14(11)25-2/h4-9H,1-3H3,(H,22,23)/t9-/m0/s1. The largest absolute Gasteiger partial charge is 0.496 e. The lowest BCUT2D eigenvalue weighted by Gasteiger charge is -2.15. The smallest absolute Gasteiger partial charge is 0.342 e. The third kappa shape index (κ3) is 4.73. The molecule has 0 spiro atoms. The van der Waals surface area contributed by atoms with Crippen molar-refractivity contribution in [3.8, 4) is 5.75 Å². The Bertz CT molecular complexity index is 876. The van der Waals surface area contributed by atoms with E-state index >= 15 is 0 Å². The van der Waals surface area contributed by atoms with Gasteiger partial charge < -0.3 is 14.8 Å². The van der Waals surface area contributed by atoms with Crippen LogP contribution in [0.5, 0.6) is 5.75 Å². The SMILES string of the molecule is COc1cc(SC)ccc1C(=O)O[C@@H](C)C(=O)Nc1ccc(F)c(F)c1F. The number of benzene rings is 2. The van der Waals surface area contributed by atoms with Crippen LogP contribution in [-0.4, -0.2) is 31.3 Å². The molecule has 1 amide bonds. The van der Waals surface area contributed by atoms with Gasteiger partial charge in [-0.1, -0.05) is 0 Å². The van der Waals surface area contributed by atoms with Crippen molar-refractivity contribution >= 4 is 29.3 Å². The lowest BCUT2D eigenvalue weighted by molar-refractivity contribution is -0.123. The molecule has 0 heterocycles. The van der Waals surface area contributed by atoms with E-state index in [4.69, 9.17) is 9.47 Å². The third-order valence-corrected chi connectivity index (χ3v) is 4.30. The molecule has 2 aromatic carbocycles. The number of rotatable bonds is 6. The maximum absolute atomic E-state index is 13.6. The molecule has 0 aliphatic rings. The maximum atomic E-state index is 13.6. The number of carbonyl (C=O) groups is 2. The molecule has 0 aliphatic carbocycles. The third-order valence-electron chi connectivity index (χ3n) is 3.57. The summed E-state index contributed by atoms with van der Waals surface area (Å²) in [5, 5.41) is 2.05. The topological polar surface area (TPSA) is 64.6 Å². The van der Waals surface area contributed by atoms with Crippen LogP contribution in [0.2, 0.25) is 0 Å². The Morgan fingerprint density at radius 2 is 1.81 bits per heavy atom. The van der Waals surface area contributed by atoms with Crippen LogP contribution in [0.15, 0.2) is 35.2 Å². The van der Waals surface area contributed by atoms with Crippen LogP contribution < -0.4 is 10.1 Å². The number of halogens is 3. The Morgan fingerprint density at radius 3 is 2.44 bits per heavy atom. The van der Waals surface area contributed by atoms with Crippen molar-refractivity contribution in [1.82, 2.24) is 0 Å². The zero-order chi connectivity index (χ0) is 20.1. The van der Waals surface area contributed by atoms with E-state index in [1.54, 1.807) is 12.1 Å². The first-order chi connectivity index (χ1) is 12.8. The molecule has 0 saturated carbocycles. The molecule has 2 aromatic rings. The molecule has 0 aliphatic heterocycles. The molecule has 0 fully saturated rings. The van der Waals surface area contributed by atoms with Gasteiger partial charge in [0, 0.05) is 4.90 Å². The number of ether oxygens (including phenoxy) is 2. The van der Waals surface area contributed by atoms with Crippen molar-refractivity contribution < 1.29 is 32.2 Å². The average molecular weight is 399 g/mol. The Morgan fingerprint density at radius 1 is 1.11 bits per heavy atom. The van der Waals surface area contributed by atoms with Crippen LogP contribution in [0.1, 0.15) is 17.3 Å². The summed E-state index contributed by atoms with van der Waals surface area (Å²) in [6.07, 6.45) is 0.534. The average Bonchev–Trinajstić information content (AvgIpc) is 2.67. The highest BCUT2D eigenvalue weighted by atomic mass is 32.2. The summed E-state index contributed by atoms with van der Waals surface area (Å²) in [6.45, 7) is 1.26. The van der Waals surface area contributed by atoms with Gasteiger partial charge in [0.15, 0.2) is 23.6 Å². The van der Waals surface area contributed by atoms with E-state index in [1.165, 1.54) is 31.9 Å². The Labute approximate surface area is 157 Å². The lowest BCUT2D eigenvalue weighted by Crippen LogP contribution is -2.30. The molecule has 0 radical (unpaired) electrons. The fourth-order valence-electron chi connectivity index (χ4n) is 2.10. The van der Waals surface area contributed by atoms with Gasteiger partial charge in [0.05, 0.1) is 12.8 Å². The zero-order valence-corrected chi connectivity index (χ0v) is 15.5. The van der Waals surface area contributed by atoms with Crippen molar-refractivity contribution in [3.05, 3.63) is 53.3 Å². The molecule has 5 nitrogen and oxygen atoms in total. The van der Waals surface area contributed by atoms with Gasteiger partial charge in [-0.2, -0.15) is 0 Å². The number of anilines is 1. The molecular weight excluding hydrogens is 383 g/mol.